The maximum absolute atomic E-state index is 9.95. The number of hydrogen-bond acceptors (Lipinski definition) is 3. The summed E-state index contributed by atoms with van der Waals surface area (Å²) in [6.07, 6.45) is 6.83. The molecule has 0 saturated carbocycles. The van der Waals surface area contributed by atoms with Crippen LogP contribution in [0.3, 0.4) is 0 Å². The highest BCUT2D eigenvalue weighted by molar-refractivity contribution is 7.80. The normalized spacial score (nSPS) is 29.0. The number of hydrogen-bond donors (Lipinski definition) is 2. The van der Waals surface area contributed by atoms with Crippen LogP contribution in [0.2, 0.25) is 0 Å². The molecule has 0 bridgehead atoms. The third kappa shape index (κ3) is 5.79. The van der Waals surface area contributed by atoms with Crippen molar-refractivity contribution in [1.29, 1.82) is 0 Å². The van der Waals surface area contributed by atoms with Crippen LogP contribution in [-0.2, 0) is 0 Å². The highest BCUT2D eigenvalue weighted by atomic mass is 32.1. The molecule has 15 heavy (non-hydrogen) atoms. The summed E-state index contributed by atoms with van der Waals surface area (Å²) >= 11 is 4.21. The van der Waals surface area contributed by atoms with Gasteiger partial charge in [-0.05, 0) is 57.9 Å². The molecule has 0 aliphatic carbocycles. The van der Waals surface area contributed by atoms with E-state index in [-0.39, 0.29) is 0 Å². The van der Waals surface area contributed by atoms with Crippen molar-refractivity contribution < 1.29 is 5.11 Å². The van der Waals surface area contributed by atoms with Crippen molar-refractivity contribution in [3.63, 3.8) is 0 Å². The minimum absolute atomic E-state index is 0.417. The fraction of sp³-hybridized carbons (Fsp3) is 1.00. The Balaban J connectivity index is 2.14. The van der Waals surface area contributed by atoms with Gasteiger partial charge in [0.05, 0.1) is 5.60 Å². The highest BCUT2D eigenvalue weighted by Crippen LogP contribution is 2.21. The third-order valence-electron chi connectivity index (χ3n) is 3.29. The second-order valence-electron chi connectivity index (χ2n) is 4.98. The van der Waals surface area contributed by atoms with Crippen LogP contribution in [0.15, 0.2) is 0 Å². The van der Waals surface area contributed by atoms with E-state index in [4.69, 9.17) is 0 Å². The molecule has 1 aliphatic rings. The molecule has 1 heterocycles. The topological polar surface area (TPSA) is 23.5 Å². The molecule has 3 heteroatoms. The molecule has 0 spiro atoms. The molecule has 0 aromatic heterocycles. The van der Waals surface area contributed by atoms with Crippen LogP contribution in [0.5, 0.6) is 0 Å². The molecule has 1 fully saturated rings. The first-order chi connectivity index (χ1) is 7.14. The molecule has 1 aliphatic heterocycles. The van der Waals surface area contributed by atoms with E-state index in [9.17, 15) is 5.11 Å². The average molecular weight is 231 g/mol. The SMILES string of the molecule is CC1(O)CCCN(CCCCCS)CC1. The summed E-state index contributed by atoms with van der Waals surface area (Å²) in [5, 5.41) is 9.95. The molecule has 0 aromatic carbocycles. The lowest BCUT2D eigenvalue weighted by molar-refractivity contribution is 0.0446. The van der Waals surface area contributed by atoms with Gasteiger partial charge in [-0.25, -0.2) is 0 Å². The van der Waals surface area contributed by atoms with Crippen LogP contribution in [0.1, 0.15) is 45.4 Å². The Morgan fingerprint density at radius 1 is 1.20 bits per heavy atom. The fourth-order valence-corrected chi connectivity index (χ4v) is 2.39. The number of aliphatic hydroxyl groups is 1. The molecule has 0 aromatic rings. The second kappa shape index (κ2) is 6.77. The van der Waals surface area contributed by atoms with Gasteiger partial charge in [0.25, 0.3) is 0 Å². The quantitative estimate of drug-likeness (QED) is 0.560. The summed E-state index contributed by atoms with van der Waals surface area (Å²) in [7, 11) is 0. The number of thiol groups is 1. The average Bonchev–Trinajstić information content (AvgIpc) is 2.35. The molecule has 1 saturated heterocycles. The van der Waals surface area contributed by atoms with E-state index in [0.29, 0.717) is 0 Å². The van der Waals surface area contributed by atoms with Gasteiger partial charge in [0.2, 0.25) is 0 Å². The van der Waals surface area contributed by atoms with Crippen molar-refractivity contribution in [2.75, 3.05) is 25.4 Å². The predicted octanol–water partition coefficient (Wildman–Crippen LogP) is 2.32. The van der Waals surface area contributed by atoms with E-state index in [1.165, 1.54) is 25.8 Å². The van der Waals surface area contributed by atoms with E-state index < -0.39 is 5.60 Å². The van der Waals surface area contributed by atoms with E-state index in [0.717, 1.165) is 38.1 Å². The van der Waals surface area contributed by atoms with Crippen LogP contribution >= 0.6 is 12.6 Å². The predicted molar refractivity (Wildman–Crippen MR) is 68.6 cm³/mol. The van der Waals surface area contributed by atoms with Gasteiger partial charge in [-0.1, -0.05) is 6.42 Å². The van der Waals surface area contributed by atoms with Gasteiger partial charge in [-0.15, -0.1) is 0 Å². The van der Waals surface area contributed by atoms with Crippen LogP contribution in [0.25, 0.3) is 0 Å². The molecule has 0 amide bonds. The number of unbranched alkanes of at least 4 members (excludes halogenated alkanes) is 2. The molecular weight excluding hydrogens is 206 g/mol. The van der Waals surface area contributed by atoms with E-state index in [2.05, 4.69) is 17.5 Å². The van der Waals surface area contributed by atoms with Crippen molar-refractivity contribution in [3.05, 3.63) is 0 Å². The molecule has 1 unspecified atom stereocenters. The molecule has 2 nitrogen and oxygen atoms in total. The maximum Gasteiger partial charge on any atom is 0.0632 e. The van der Waals surface area contributed by atoms with Crippen molar-refractivity contribution in [3.8, 4) is 0 Å². The molecule has 90 valence electrons. The van der Waals surface area contributed by atoms with E-state index in [1.54, 1.807) is 0 Å². The Bertz CT molecular complexity index is 173. The standard InChI is InChI=1S/C12H25NOS/c1-12(14)6-5-9-13(10-7-12)8-3-2-4-11-15/h14-15H,2-11H2,1H3. The van der Waals surface area contributed by atoms with Gasteiger partial charge in [0, 0.05) is 6.54 Å². The van der Waals surface area contributed by atoms with Gasteiger partial charge in [0.15, 0.2) is 0 Å². The van der Waals surface area contributed by atoms with Crippen LogP contribution in [-0.4, -0.2) is 41.0 Å². The zero-order valence-corrected chi connectivity index (χ0v) is 10.8. The zero-order valence-electron chi connectivity index (χ0n) is 9.91. The van der Waals surface area contributed by atoms with Gasteiger partial charge in [-0.3, -0.25) is 0 Å². The molecule has 1 rings (SSSR count). The van der Waals surface area contributed by atoms with Crippen molar-refractivity contribution in [2.45, 2.75) is 51.0 Å². The third-order valence-corrected chi connectivity index (χ3v) is 3.60. The molecule has 1 atom stereocenters. The smallest absolute Gasteiger partial charge is 0.0632 e. The summed E-state index contributed by atoms with van der Waals surface area (Å²) in [6.45, 7) is 5.39. The molecule has 1 N–H and O–H groups in total. The van der Waals surface area contributed by atoms with Gasteiger partial charge in [0.1, 0.15) is 0 Å². The molecule has 0 radical (unpaired) electrons. The summed E-state index contributed by atoms with van der Waals surface area (Å²) in [5.74, 6) is 1.01. The largest absolute Gasteiger partial charge is 0.390 e. The highest BCUT2D eigenvalue weighted by Gasteiger charge is 2.24. The van der Waals surface area contributed by atoms with Gasteiger partial charge in [-0.2, -0.15) is 12.6 Å². The minimum Gasteiger partial charge on any atom is -0.390 e. The summed E-state index contributed by atoms with van der Waals surface area (Å²) < 4.78 is 0. The van der Waals surface area contributed by atoms with Crippen LogP contribution in [0.4, 0.5) is 0 Å². The lowest BCUT2D eigenvalue weighted by Crippen LogP contribution is -2.29. The lowest BCUT2D eigenvalue weighted by atomic mass is 9.98. The number of likely N-dealkylation sites (tertiary alicyclic amines) is 1. The van der Waals surface area contributed by atoms with Gasteiger partial charge < -0.3 is 10.0 Å². The minimum atomic E-state index is -0.417. The first-order valence-electron chi connectivity index (χ1n) is 6.20. The summed E-state index contributed by atoms with van der Waals surface area (Å²) in [4.78, 5) is 2.50. The molecular formula is C12H25NOS. The monoisotopic (exact) mass is 231 g/mol. The van der Waals surface area contributed by atoms with Gasteiger partial charge >= 0.3 is 0 Å². The van der Waals surface area contributed by atoms with Crippen LogP contribution in [0, 0.1) is 0 Å². The van der Waals surface area contributed by atoms with E-state index >= 15 is 0 Å². The van der Waals surface area contributed by atoms with Crippen molar-refractivity contribution in [1.82, 2.24) is 4.90 Å². The Kier molecular flexibility index (Phi) is 6.02. The Morgan fingerprint density at radius 3 is 2.73 bits per heavy atom. The van der Waals surface area contributed by atoms with Crippen molar-refractivity contribution in [2.24, 2.45) is 0 Å². The fourth-order valence-electron chi connectivity index (χ4n) is 2.17. The Morgan fingerprint density at radius 2 is 2.00 bits per heavy atom. The lowest BCUT2D eigenvalue weighted by Gasteiger charge is -2.22. The summed E-state index contributed by atoms with van der Waals surface area (Å²) in [6, 6.07) is 0. The second-order valence-corrected chi connectivity index (χ2v) is 5.42. The Labute approximate surface area is 99.5 Å². The zero-order chi connectivity index (χ0) is 11.1. The first kappa shape index (κ1) is 13.3. The first-order valence-corrected chi connectivity index (χ1v) is 6.83. The maximum atomic E-state index is 9.95. The summed E-state index contributed by atoms with van der Waals surface area (Å²) in [5.41, 5.74) is -0.417. The van der Waals surface area contributed by atoms with E-state index in [1.807, 2.05) is 6.92 Å². The van der Waals surface area contributed by atoms with Crippen LogP contribution < -0.4 is 0 Å². The Hall–Kier alpha value is 0.270. The number of rotatable bonds is 5. The van der Waals surface area contributed by atoms with Crippen molar-refractivity contribution >= 4 is 12.6 Å². The number of nitrogens with zero attached hydrogens (tertiary/aromatic N) is 1.